The van der Waals surface area contributed by atoms with Gasteiger partial charge in [0, 0.05) is 19.0 Å². The summed E-state index contributed by atoms with van der Waals surface area (Å²) in [6.45, 7) is 2.09. The molecule has 1 aromatic heterocycles. The topological polar surface area (TPSA) is 37.4 Å². The van der Waals surface area contributed by atoms with Crippen LogP contribution in [-0.2, 0) is 10.0 Å². The maximum Gasteiger partial charge on any atom is 0.252 e. The fourth-order valence-electron chi connectivity index (χ4n) is 1.02. The van der Waals surface area contributed by atoms with Gasteiger partial charge in [0.25, 0.3) is 10.0 Å². The third-order valence-corrected chi connectivity index (χ3v) is 5.00. The molecule has 0 saturated carbocycles. The Morgan fingerprint density at radius 3 is 2.71 bits per heavy atom. The second-order valence-corrected chi connectivity index (χ2v) is 6.96. The second-order valence-electron chi connectivity index (χ2n) is 3.00. The summed E-state index contributed by atoms with van der Waals surface area (Å²) in [6.07, 6.45) is 0. The van der Waals surface area contributed by atoms with Crippen molar-refractivity contribution in [1.29, 1.82) is 0 Å². The lowest BCUT2D eigenvalue weighted by Crippen LogP contribution is -2.30. The molecular weight excluding hydrogens is 242 g/mol. The van der Waals surface area contributed by atoms with Crippen molar-refractivity contribution in [3.8, 4) is 0 Å². The van der Waals surface area contributed by atoms with Crippen LogP contribution in [-0.4, -0.2) is 31.7 Å². The van der Waals surface area contributed by atoms with Crippen molar-refractivity contribution in [2.75, 3.05) is 13.6 Å². The molecule has 0 bridgehead atoms. The number of thiophene rings is 1. The van der Waals surface area contributed by atoms with Crippen LogP contribution >= 0.6 is 22.9 Å². The van der Waals surface area contributed by atoms with Crippen LogP contribution in [0.25, 0.3) is 0 Å². The molecule has 0 aromatic carbocycles. The smallest absolute Gasteiger partial charge is 0.206 e. The summed E-state index contributed by atoms with van der Waals surface area (Å²) in [5.41, 5.74) is 0. The highest BCUT2D eigenvalue weighted by atomic mass is 35.5. The van der Waals surface area contributed by atoms with E-state index in [1.165, 1.54) is 22.7 Å². The summed E-state index contributed by atoms with van der Waals surface area (Å²) in [6, 6.07) is 3.31. The van der Waals surface area contributed by atoms with Crippen molar-refractivity contribution in [2.45, 2.75) is 16.5 Å². The minimum atomic E-state index is -3.32. The Bertz CT molecular complexity index is 372. The molecule has 6 heteroatoms. The molecule has 14 heavy (non-hydrogen) atoms. The number of alkyl halides is 1. The molecule has 1 aromatic rings. The third-order valence-electron chi connectivity index (χ3n) is 1.67. The summed E-state index contributed by atoms with van der Waals surface area (Å²) < 4.78 is 25.2. The van der Waals surface area contributed by atoms with E-state index in [2.05, 4.69) is 0 Å². The molecule has 0 radical (unpaired) electrons. The maximum atomic E-state index is 11.8. The summed E-state index contributed by atoms with van der Waals surface area (Å²) >= 11 is 6.95. The van der Waals surface area contributed by atoms with E-state index in [-0.39, 0.29) is 5.38 Å². The van der Waals surface area contributed by atoms with Gasteiger partial charge < -0.3 is 0 Å². The predicted octanol–water partition coefficient (Wildman–Crippen LogP) is 2.00. The molecule has 0 aliphatic carbocycles. The number of hydrogen-bond donors (Lipinski definition) is 0. The first kappa shape index (κ1) is 12.0. The minimum absolute atomic E-state index is 0.185. The van der Waals surface area contributed by atoms with Crippen LogP contribution in [0.4, 0.5) is 0 Å². The Labute approximate surface area is 93.4 Å². The van der Waals surface area contributed by atoms with E-state index in [4.69, 9.17) is 11.6 Å². The number of hydrogen-bond acceptors (Lipinski definition) is 3. The number of rotatable bonds is 4. The first-order valence-corrected chi connectivity index (χ1v) is 6.84. The van der Waals surface area contributed by atoms with Gasteiger partial charge in [-0.2, -0.15) is 4.31 Å². The van der Waals surface area contributed by atoms with Crippen molar-refractivity contribution >= 4 is 33.0 Å². The zero-order valence-corrected chi connectivity index (χ0v) is 10.4. The lowest BCUT2D eigenvalue weighted by Gasteiger charge is -2.16. The van der Waals surface area contributed by atoms with Crippen LogP contribution in [0.1, 0.15) is 6.92 Å². The highest BCUT2D eigenvalue weighted by molar-refractivity contribution is 7.91. The van der Waals surface area contributed by atoms with E-state index in [0.717, 1.165) is 0 Å². The van der Waals surface area contributed by atoms with Crippen LogP contribution in [0.5, 0.6) is 0 Å². The Balaban J connectivity index is 2.86. The normalized spacial score (nSPS) is 14.6. The molecule has 1 rings (SSSR count). The molecule has 1 unspecified atom stereocenters. The van der Waals surface area contributed by atoms with Crippen molar-refractivity contribution in [3.05, 3.63) is 17.5 Å². The van der Waals surface area contributed by atoms with E-state index in [0.29, 0.717) is 10.8 Å². The Hall–Kier alpha value is -0.100. The minimum Gasteiger partial charge on any atom is -0.206 e. The lowest BCUT2D eigenvalue weighted by molar-refractivity contribution is 0.472. The first-order valence-electron chi connectivity index (χ1n) is 4.08. The highest BCUT2D eigenvalue weighted by Crippen LogP contribution is 2.20. The monoisotopic (exact) mass is 253 g/mol. The van der Waals surface area contributed by atoms with Crippen LogP contribution in [0.15, 0.2) is 21.7 Å². The van der Waals surface area contributed by atoms with Gasteiger partial charge in [-0.25, -0.2) is 8.42 Å². The van der Waals surface area contributed by atoms with Crippen molar-refractivity contribution < 1.29 is 8.42 Å². The number of nitrogens with zero attached hydrogens (tertiary/aromatic N) is 1. The largest absolute Gasteiger partial charge is 0.252 e. The van der Waals surface area contributed by atoms with Gasteiger partial charge >= 0.3 is 0 Å². The van der Waals surface area contributed by atoms with Gasteiger partial charge in [0.2, 0.25) is 0 Å². The van der Waals surface area contributed by atoms with E-state index >= 15 is 0 Å². The zero-order chi connectivity index (χ0) is 10.8. The molecule has 0 N–H and O–H groups in total. The lowest BCUT2D eigenvalue weighted by atomic mass is 10.5. The number of sulfonamides is 1. The molecule has 0 aliphatic heterocycles. The molecule has 0 amide bonds. The van der Waals surface area contributed by atoms with E-state index in [1.807, 2.05) is 0 Å². The van der Waals surface area contributed by atoms with Crippen molar-refractivity contribution in [3.63, 3.8) is 0 Å². The predicted molar refractivity (Wildman–Crippen MR) is 59.4 cm³/mol. The maximum absolute atomic E-state index is 11.8. The molecule has 80 valence electrons. The van der Waals surface area contributed by atoms with Crippen molar-refractivity contribution in [2.24, 2.45) is 0 Å². The molecule has 0 spiro atoms. The van der Waals surface area contributed by atoms with Crippen LogP contribution < -0.4 is 0 Å². The fraction of sp³-hybridized carbons (Fsp3) is 0.500. The summed E-state index contributed by atoms with van der Waals surface area (Å²) in [4.78, 5) is 0. The summed E-state index contributed by atoms with van der Waals surface area (Å²) in [7, 11) is -1.79. The van der Waals surface area contributed by atoms with Crippen LogP contribution in [0, 0.1) is 0 Å². The van der Waals surface area contributed by atoms with Gasteiger partial charge in [0.05, 0.1) is 0 Å². The third kappa shape index (κ3) is 2.70. The van der Waals surface area contributed by atoms with Crippen molar-refractivity contribution in [1.82, 2.24) is 4.31 Å². The van der Waals surface area contributed by atoms with Gasteiger partial charge in [-0.15, -0.1) is 22.9 Å². The quantitative estimate of drug-likeness (QED) is 0.770. The fourth-order valence-corrected chi connectivity index (χ4v) is 3.77. The molecule has 1 heterocycles. The van der Waals surface area contributed by atoms with Gasteiger partial charge in [-0.3, -0.25) is 0 Å². The molecule has 3 nitrogen and oxygen atoms in total. The average molecular weight is 254 g/mol. The molecule has 0 saturated heterocycles. The van der Waals surface area contributed by atoms with Gasteiger partial charge in [-0.05, 0) is 18.4 Å². The summed E-state index contributed by atoms with van der Waals surface area (Å²) in [5.74, 6) is 0. The highest BCUT2D eigenvalue weighted by Gasteiger charge is 2.22. The molecular formula is C8H12ClNO2S2. The second kappa shape index (κ2) is 4.61. The van der Waals surface area contributed by atoms with Gasteiger partial charge in [0.1, 0.15) is 4.21 Å². The van der Waals surface area contributed by atoms with Gasteiger partial charge in [0.15, 0.2) is 0 Å². The SMILES string of the molecule is CC(Cl)CN(C)S(=O)(=O)c1cccs1. The van der Waals surface area contributed by atoms with Crippen LogP contribution in [0.3, 0.4) is 0 Å². The zero-order valence-electron chi connectivity index (χ0n) is 7.97. The molecule has 0 aliphatic rings. The Morgan fingerprint density at radius 1 is 1.64 bits per heavy atom. The standard InChI is InChI=1S/C8H12ClNO2S2/c1-7(9)6-10(2)14(11,12)8-4-3-5-13-8/h3-5,7H,6H2,1-2H3. The van der Waals surface area contributed by atoms with E-state index in [1.54, 1.807) is 24.4 Å². The van der Waals surface area contributed by atoms with Gasteiger partial charge in [-0.1, -0.05) is 6.07 Å². The Morgan fingerprint density at radius 2 is 2.29 bits per heavy atom. The average Bonchev–Trinajstić information content (AvgIpc) is 2.54. The first-order chi connectivity index (χ1) is 6.44. The van der Waals surface area contributed by atoms with E-state index in [9.17, 15) is 8.42 Å². The molecule has 0 fully saturated rings. The van der Waals surface area contributed by atoms with Crippen LogP contribution in [0.2, 0.25) is 0 Å². The molecule has 1 atom stereocenters. The summed E-state index contributed by atoms with van der Waals surface area (Å²) in [5, 5.41) is 1.56. The Kier molecular flexibility index (Phi) is 3.94. The van der Waals surface area contributed by atoms with E-state index < -0.39 is 10.0 Å². The number of halogens is 1.